The van der Waals surface area contributed by atoms with Crippen molar-refractivity contribution in [2.75, 3.05) is 20.2 Å². The van der Waals surface area contributed by atoms with Crippen LogP contribution in [-0.4, -0.2) is 37.1 Å². The molecule has 0 spiro atoms. The highest BCUT2D eigenvalue weighted by atomic mass is 16.5. The number of urea groups is 1. The first-order valence-corrected chi connectivity index (χ1v) is 8.32. The van der Waals surface area contributed by atoms with Crippen molar-refractivity contribution in [3.8, 4) is 0 Å². The van der Waals surface area contributed by atoms with Gasteiger partial charge in [-0.1, -0.05) is 30.3 Å². The fourth-order valence-electron chi connectivity index (χ4n) is 2.95. The van der Waals surface area contributed by atoms with Crippen molar-refractivity contribution in [1.29, 1.82) is 0 Å². The molecule has 1 N–H and O–H groups in total. The minimum Gasteiger partial charge on any atom is -0.469 e. The van der Waals surface area contributed by atoms with Crippen molar-refractivity contribution >= 4 is 12.0 Å². The third-order valence-corrected chi connectivity index (χ3v) is 4.41. The number of nitrogens with zero attached hydrogens (tertiary/aromatic N) is 1. The zero-order valence-corrected chi connectivity index (χ0v) is 13.8. The van der Waals surface area contributed by atoms with Crippen molar-refractivity contribution in [2.45, 2.75) is 38.6 Å². The number of likely N-dealkylation sites (tertiary alicyclic amines) is 1. The van der Waals surface area contributed by atoms with Crippen LogP contribution in [0.1, 0.15) is 37.7 Å². The number of ether oxygens (including phenoxy) is 1. The predicted molar refractivity (Wildman–Crippen MR) is 88.8 cm³/mol. The third-order valence-electron chi connectivity index (χ3n) is 4.41. The summed E-state index contributed by atoms with van der Waals surface area (Å²) in [6.07, 6.45) is 4.43. The maximum absolute atomic E-state index is 12.2. The van der Waals surface area contributed by atoms with Gasteiger partial charge in [0.15, 0.2) is 0 Å². The van der Waals surface area contributed by atoms with Crippen LogP contribution in [0.15, 0.2) is 30.3 Å². The number of benzene rings is 1. The molecule has 23 heavy (non-hydrogen) atoms. The van der Waals surface area contributed by atoms with Gasteiger partial charge in [-0.15, -0.1) is 0 Å². The highest BCUT2D eigenvalue weighted by molar-refractivity contribution is 5.74. The monoisotopic (exact) mass is 318 g/mol. The van der Waals surface area contributed by atoms with Gasteiger partial charge in [0, 0.05) is 26.1 Å². The molecule has 2 rings (SSSR count). The van der Waals surface area contributed by atoms with Gasteiger partial charge in [0.1, 0.15) is 0 Å². The molecule has 1 heterocycles. The quantitative estimate of drug-likeness (QED) is 0.820. The number of nitrogens with one attached hydrogen (secondary N) is 1. The standard InChI is InChI=1S/C18H26N2O3/c1-23-17(21)9-5-8-15-10-12-20(13-11-15)18(22)19-14-16-6-3-2-4-7-16/h2-4,6-7,15H,5,8-14H2,1H3,(H,19,22). The third kappa shape index (κ3) is 5.93. The van der Waals surface area contributed by atoms with Crippen LogP contribution in [0.5, 0.6) is 0 Å². The van der Waals surface area contributed by atoms with E-state index in [1.165, 1.54) is 7.11 Å². The Morgan fingerprint density at radius 2 is 1.91 bits per heavy atom. The van der Waals surface area contributed by atoms with E-state index in [0.717, 1.165) is 44.3 Å². The van der Waals surface area contributed by atoms with Crippen molar-refractivity contribution in [3.63, 3.8) is 0 Å². The van der Waals surface area contributed by atoms with E-state index in [1.54, 1.807) is 0 Å². The number of hydrogen-bond donors (Lipinski definition) is 1. The van der Waals surface area contributed by atoms with Crippen LogP contribution in [0.4, 0.5) is 4.79 Å². The lowest BCUT2D eigenvalue weighted by molar-refractivity contribution is -0.140. The second-order valence-corrected chi connectivity index (χ2v) is 6.04. The number of piperidine rings is 1. The molecule has 0 aliphatic carbocycles. The molecule has 1 aliphatic rings. The first kappa shape index (κ1) is 17.3. The molecule has 1 aromatic carbocycles. The summed E-state index contributed by atoms with van der Waals surface area (Å²) in [4.78, 5) is 25.2. The minimum atomic E-state index is -0.136. The minimum absolute atomic E-state index is 0.0156. The summed E-state index contributed by atoms with van der Waals surface area (Å²) in [5.41, 5.74) is 1.11. The highest BCUT2D eigenvalue weighted by Crippen LogP contribution is 2.22. The average Bonchev–Trinajstić information content (AvgIpc) is 2.61. The molecular formula is C18H26N2O3. The van der Waals surface area contributed by atoms with Gasteiger partial charge in [0.25, 0.3) is 0 Å². The molecule has 1 fully saturated rings. The topological polar surface area (TPSA) is 58.6 Å². The Morgan fingerprint density at radius 1 is 1.22 bits per heavy atom. The second kappa shape index (κ2) is 9.18. The number of rotatable bonds is 6. The van der Waals surface area contributed by atoms with E-state index in [9.17, 15) is 9.59 Å². The molecule has 0 bridgehead atoms. The van der Waals surface area contributed by atoms with Crippen molar-refractivity contribution in [2.24, 2.45) is 5.92 Å². The Balaban J connectivity index is 1.63. The van der Waals surface area contributed by atoms with Crippen molar-refractivity contribution in [3.05, 3.63) is 35.9 Å². The molecule has 2 amide bonds. The number of carbonyl (C=O) groups excluding carboxylic acids is 2. The molecule has 5 heteroatoms. The molecule has 0 atom stereocenters. The van der Waals surface area contributed by atoms with Crippen LogP contribution >= 0.6 is 0 Å². The lowest BCUT2D eigenvalue weighted by atomic mass is 9.92. The van der Waals surface area contributed by atoms with Gasteiger partial charge in [0.05, 0.1) is 7.11 Å². The van der Waals surface area contributed by atoms with Crippen LogP contribution in [0, 0.1) is 5.92 Å². The van der Waals surface area contributed by atoms with Crippen molar-refractivity contribution < 1.29 is 14.3 Å². The van der Waals surface area contributed by atoms with Gasteiger partial charge in [-0.2, -0.15) is 0 Å². The fraction of sp³-hybridized carbons (Fsp3) is 0.556. The molecule has 0 unspecified atom stereocenters. The lowest BCUT2D eigenvalue weighted by Crippen LogP contribution is -2.44. The summed E-state index contributed by atoms with van der Waals surface area (Å²) < 4.78 is 4.65. The highest BCUT2D eigenvalue weighted by Gasteiger charge is 2.22. The zero-order chi connectivity index (χ0) is 16.5. The Labute approximate surface area is 138 Å². The predicted octanol–water partition coefficient (Wildman–Crippen LogP) is 2.95. The van der Waals surface area contributed by atoms with Gasteiger partial charge < -0.3 is 15.0 Å². The first-order chi connectivity index (χ1) is 11.2. The van der Waals surface area contributed by atoms with Gasteiger partial charge in [-0.25, -0.2) is 4.79 Å². The molecule has 1 aliphatic heterocycles. The van der Waals surface area contributed by atoms with E-state index in [2.05, 4.69) is 10.1 Å². The van der Waals surface area contributed by atoms with Crippen LogP contribution in [0.3, 0.4) is 0 Å². The van der Waals surface area contributed by atoms with E-state index in [4.69, 9.17) is 0 Å². The Morgan fingerprint density at radius 3 is 2.57 bits per heavy atom. The van der Waals surface area contributed by atoms with Crippen LogP contribution in [0.25, 0.3) is 0 Å². The summed E-state index contributed by atoms with van der Waals surface area (Å²) in [6, 6.07) is 9.95. The Bertz CT molecular complexity index is 496. The van der Waals surface area contributed by atoms with Crippen LogP contribution in [0.2, 0.25) is 0 Å². The molecule has 0 saturated carbocycles. The summed E-state index contributed by atoms with van der Waals surface area (Å²) in [6.45, 7) is 2.16. The maximum Gasteiger partial charge on any atom is 0.317 e. The number of methoxy groups -OCH3 is 1. The number of hydrogen-bond acceptors (Lipinski definition) is 3. The average molecular weight is 318 g/mol. The SMILES string of the molecule is COC(=O)CCCC1CCN(C(=O)NCc2ccccc2)CC1. The summed E-state index contributed by atoms with van der Waals surface area (Å²) >= 11 is 0. The molecule has 0 radical (unpaired) electrons. The van der Waals surface area contributed by atoms with E-state index >= 15 is 0 Å². The number of carbonyl (C=O) groups is 2. The molecule has 126 valence electrons. The van der Waals surface area contributed by atoms with E-state index in [1.807, 2.05) is 35.2 Å². The molecule has 0 aromatic heterocycles. The lowest BCUT2D eigenvalue weighted by Gasteiger charge is -2.32. The van der Waals surface area contributed by atoms with E-state index in [0.29, 0.717) is 18.9 Å². The smallest absolute Gasteiger partial charge is 0.317 e. The summed E-state index contributed by atoms with van der Waals surface area (Å²) in [5.74, 6) is 0.473. The first-order valence-electron chi connectivity index (χ1n) is 8.32. The molecular weight excluding hydrogens is 292 g/mol. The van der Waals surface area contributed by atoms with Gasteiger partial charge in [0.2, 0.25) is 0 Å². The van der Waals surface area contributed by atoms with Gasteiger partial charge in [-0.05, 0) is 37.2 Å². The zero-order valence-electron chi connectivity index (χ0n) is 13.8. The summed E-state index contributed by atoms with van der Waals surface area (Å²) in [7, 11) is 1.43. The number of amides is 2. The Hall–Kier alpha value is -2.04. The summed E-state index contributed by atoms with van der Waals surface area (Å²) in [5, 5.41) is 2.98. The second-order valence-electron chi connectivity index (χ2n) is 6.04. The molecule has 5 nitrogen and oxygen atoms in total. The largest absolute Gasteiger partial charge is 0.469 e. The van der Waals surface area contributed by atoms with Crippen LogP contribution < -0.4 is 5.32 Å². The van der Waals surface area contributed by atoms with Gasteiger partial charge >= 0.3 is 12.0 Å². The Kier molecular flexibility index (Phi) is 6.91. The number of esters is 1. The normalized spacial score (nSPS) is 15.3. The molecule has 1 saturated heterocycles. The van der Waals surface area contributed by atoms with E-state index < -0.39 is 0 Å². The van der Waals surface area contributed by atoms with Crippen molar-refractivity contribution in [1.82, 2.24) is 10.2 Å². The molecule has 1 aromatic rings. The van der Waals surface area contributed by atoms with Crippen LogP contribution in [-0.2, 0) is 16.1 Å². The van der Waals surface area contributed by atoms with Gasteiger partial charge in [-0.3, -0.25) is 4.79 Å². The maximum atomic E-state index is 12.2. The fourth-order valence-corrected chi connectivity index (χ4v) is 2.95. The van der Waals surface area contributed by atoms with E-state index in [-0.39, 0.29) is 12.0 Å².